The Hall–Kier alpha value is -1.93. The highest BCUT2D eigenvalue weighted by molar-refractivity contribution is 7.89. The first kappa shape index (κ1) is 21.8. The smallest absolute Gasteiger partial charge is 0.254 e. The SMILES string of the molecule is Cc1cc(C(=O)N2C[C@@H]3CNC[C@@H]3[C@H]2c2ccccc2)cc(S(N)(=O)=O)c1C.Cl. The zero-order chi connectivity index (χ0) is 20.1. The van der Waals surface area contributed by atoms with Crippen LogP contribution in [-0.2, 0) is 10.0 Å². The lowest BCUT2D eigenvalue weighted by atomic mass is 9.89. The summed E-state index contributed by atoms with van der Waals surface area (Å²) in [4.78, 5) is 15.4. The second-order valence-electron chi connectivity index (χ2n) is 7.86. The van der Waals surface area contributed by atoms with Gasteiger partial charge in [0.05, 0.1) is 10.9 Å². The van der Waals surface area contributed by atoms with Crippen LogP contribution in [0.3, 0.4) is 0 Å². The number of likely N-dealkylation sites (tertiary alicyclic amines) is 1. The lowest BCUT2D eigenvalue weighted by Crippen LogP contribution is -2.35. The number of rotatable bonds is 3. The normalized spacial score (nSPS) is 23.6. The molecule has 3 N–H and O–H groups in total. The van der Waals surface area contributed by atoms with Crippen LogP contribution in [-0.4, -0.2) is 38.9 Å². The average Bonchev–Trinajstić information content (AvgIpc) is 3.24. The topological polar surface area (TPSA) is 92.5 Å². The highest BCUT2D eigenvalue weighted by Gasteiger charge is 2.46. The van der Waals surface area contributed by atoms with Crippen molar-refractivity contribution in [2.45, 2.75) is 24.8 Å². The number of nitrogens with one attached hydrogen (secondary N) is 1. The maximum atomic E-state index is 13.5. The van der Waals surface area contributed by atoms with Gasteiger partial charge in [0.15, 0.2) is 0 Å². The van der Waals surface area contributed by atoms with Crippen LogP contribution in [0, 0.1) is 25.7 Å². The number of nitrogens with zero attached hydrogens (tertiary/aromatic N) is 1. The molecule has 0 unspecified atom stereocenters. The number of halogens is 1. The van der Waals surface area contributed by atoms with Crippen LogP contribution in [0.25, 0.3) is 0 Å². The summed E-state index contributed by atoms with van der Waals surface area (Å²) < 4.78 is 24.0. The number of hydrogen-bond acceptors (Lipinski definition) is 4. The number of sulfonamides is 1. The summed E-state index contributed by atoms with van der Waals surface area (Å²) in [6.07, 6.45) is 0. The van der Waals surface area contributed by atoms with Crippen LogP contribution < -0.4 is 10.5 Å². The van der Waals surface area contributed by atoms with Gasteiger partial charge < -0.3 is 10.2 Å². The van der Waals surface area contributed by atoms with Gasteiger partial charge in [-0.05, 0) is 48.6 Å². The quantitative estimate of drug-likeness (QED) is 0.774. The van der Waals surface area contributed by atoms with Crippen LogP contribution in [0.4, 0.5) is 0 Å². The Kier molecular flexibility index (Phi) is 6.06. The molecule has 4 rings (SSSR count). The van der Waals surface area contributed by atoms with E-state index in [9.17, 15) is 13.2 Å². The van der Waals surface area contributed by atoms with Crippen LogP contribution in [0.1, 0.15) is 33.1 Å². The van der Waals surface area contributed by atoms with Crippen LogP contribution in [0.15, 0.2) is 47.4 Å². The van der Waals surface area contributed by atoms with Crippen molar-refractivity contribution in [3.63, 3.8) is 0 Å². The van der Waals surface area contributed by atoms with E-state index in [2.05, 4.69) is 17.4 Å². The molecule has 2 aliphatic rings. The molecule has 2 aromatic carbocycles. The molecule has 2 heterocycles. The molecule has 8 heteroatoms. The second-order valence-corrected chi connectivity index (χ2v) is 9.39. The van der Waals surface area contributed by atoms with Gasteiger partial charge in [0.25, 0.3) is 5.91 Å². The summed E-state index contributed by atoms with van der Waals surface area (Å²) in [5.74, 6) is 0.616. The van der Waals surface area contributed by atoms with Crippen molar-refractivity contribution in [2.24, 2.45) is 17.0 Å². The monoisotopic (exact) mass is 435 g/mol. The molecule has 0 aromatic heterocycles. The Morgan fingerprint density at radius 1 is 1.14 bits per heavy atom. The van der Waals surface area contributed by atoms with E-state index in [1.165, 1.54) is 6.07 Å². The van der Waals surface area contributed by atoms with Crippen molar-refractivity contribution in [3.8, 4) is 0 Å². The summed E-state index contributed by atoms with van der Waals surface area (Å²) in [5, 5.41) is 8.82. The van der Waals surface area contributed by atoms with Crippen LogP contribution in [0.2, 0.25) is 0 Å². The number of carbonyl (C=O) groups excluding carboxylic acids is 1. The molecule has 0 aliphatic carbocycles. The Morgan fingerprint density at radius 2 is 1.83 bits per heavy atom. The second kappa shape index (κ2) is 8.07. The zero-order valence-electron chi connectivity index (χ0n) is 16.5. The Morgan fingerprint density at radius 3 is 2.48 bits per heavy atom. The van der Waals surface area contributed by atoms with E-state index in [1.807, 2.05) is 23.1 Å². The van der Waals surface area contributed by atoms with Crippen molar-refractivity contribution in [1.82, 2.24) is 10.2 Å². The Bertz CT molecular complexity index is 1030. The number of nitrogens with two attached hydrogens (primary N) is 1. The molecule has 0 bridgehead atoms. The summed E-state index contributed by atoms with van der Waals surface area (Å²) in [6.45, 7) is 5.95. The predicted molar refractivity (Wildman–Crippen MR) is 115 cm³/mol. The van der Waals surface area contributed by atoms with E-state index in [0.29, 0.717) is 29.5 Å². The third-order valence-corrected chi connectivity index (χ3v) is 7.18. The van der Waals surface area contributed by atoms with Gasteiger partial charge in [-0.25, -0.2) is 13.6 Å². The van der Waals surface area contributed by atoms with Crippen molar-refractivity contribution < 1.29 is 13.2 Å². The average molecular weight is 436 g/mol. The molecular weight excluding hydrogens is 410 g/mol. The Labute approximate surface area is 177 Å². The summed E-state index contributed by atoms with van der Waals surface area (Å²) in [7, 11) is -3.90. The first-order valence-electron chi connectivity index (χ1n) is 9.48. The molecule has 2 aromatic rings. The van der Waals surface area contributed by atoms with Gasteiger partial charge in [0, 0.05) is 31.1 Å². The molecule has 3 atom stereocenters. The van der Waals surface area contributed by atoms with E-state index >= 15 is 0 Å². The minimum Gasteiger partial charge on any atom is -0.331 e. The van der Waals surface area contributed by atoms with E-state index in [1.54, 1.807) is 19.9 Å². The Balaban J connectivity index is 0.00000240. The fraction of sp³-hybridized carbons (Fsp3) is 0.381. The summed E-state index contributed by atoms with van der Waals surface area (Å²) in [5.41, 5.74) is 2.82. The number of amides is 1. The largest absolute Gasteiger partial charge is 0.331 e. The van der Waals surface area contributed by atoms with Gasteiger partial charge in [-0.1, -0.05) is 30.3 Å². The number of hydrogen-bond donors (Lipinski definition) is 2. The fourth-order valence-electron chi connectivity index (χ4n) is 4.62. The number of fused-ring (bicyclic) bond motifs is 1. The van der Waals surface area contributed by atoms with Crippen LogP contribution in [0.5, 0.6) is 0 Å². The van der Waals surface area contributed by atoms with Gasteiger partial charge in [-0.2, -0.15) is 0 Å². The van der Waals surface area contributed by atoms with Gasteiger partial charge >= 0.3 is 0 Å². The van der Waals surface area contributed by atoms with Crippen molar-refractivity contribution in [3.05, 3.63) is 64.7 Å². The molecule has 2 aliphatic heterocycles. The molecule has 2 fully saturated rings. The molecule has 0 saturated carbocycles. The lowest BCUT2D eigenvalue weighted by molar-refractivity contribution is 0.0713. The molecular formula is C21H26ClN3O3S. The third-order valence-electron chi connectivity index (χ3n) is 6.14. The summed E-state index contributed by atoms with van der Waals surface area (Å²) in [6, 6.07) is 13.2. The molecule has 29 heavy (non-hydrogen) atoms. The summed E-state index contributed by atoms with van der Waals surface area (Å²) >= 11 is 0. The highest BCUT2D eigenvalue weighted by Crippen LogP contribution is 2.43. The number of aryl methyl sites for hydroxylation is 1. The minimum atomic E-state index is -3.90. The van der Waals surface area contributed by atoms with Gasteiger partial charge in [-0.3, -0.25) is 4.79 Å². The molecule has 6 nitrogen and oxygen atoms in total. The maximum Gasteiger partial charge on any atom is 0.254 e. The number of primary sulfonamides is 1. The van der Waals surface area contributed by atoms with Gasteiger partial charge in [0.1, 0.15) is 0 Å². The van der Waals surface area contributed by atoms with Crippen molar-refractivity contribution >= 4 is 28.3 Å². The lowest BCUT2D eigenvalue weighted by Gasteiger charge is -2.29. The highest BCUT2D eigenvalue weighted by atomic mass is 35.5. The van der Waals surface area contributed by atoms with E-state index < -0.39 is 10.0 Å². The molecule has 0 radical (unpaired) electrons. The van der Waals surface area contributed by atoms with Crippen molar-refractivity contribution in [2.75, 3.05) is 19.6 Å². The number of benzene rings is 2. The molecule has 1 amide bonds. The van der Waals surface area contributed by atoms with E-state index in [0.717, 1.165) is 24.2 Å². The van der Waals surface area contributed by atoms with Crippen molar-refractivity contribution in [1.29, 1.82) is 0 Å². The minimum absolute atomic E-state index is 0. The molecule has 2 saturated heterocycles. The molecule has 0 spiro atoms. The number of carbonyl (C=O) groups is 1. The molecule has 156 valence electrons. The predicted octanol–water partition coefficient (Wildman–Crippen LogP) is 2.41. The van der Waals surface area contributed by atoms with Crippen LogP contribution >= 0.6 is 12.4 Å². The van der Waals surface area contributed by atoms with Gasteiger partial charge in [-0.15, -0.1) is 12.4 Å². The zero-order valence-corrected chi connectivity index (χ0v) is 18.1. The van der Waals surface area contributed by atoms with Gasteiger partial charge in [0.2, 0.25) is 10.0 Å². The van der Waals surface area contributed by atoms with E-state index in [4.69, 9.17) is 5.14 Å². The first-order valence-corrected chi connectivity index (χ1v) is 11.0. The fourth-order valence-corrected chi connectivity index (χ4v) is 5.50. The first-order chi connectivity index (χ1) is 13.3. The third kappa shape index (κ3) is 3.92. The van der Waals surface area contributed by atoms with E-state index in [-0.39, 0.29) is 29.3 Å². The maximum absolute atomic E-state index is 13.5. The standard InChI is InChI=1S/C21H25N3O3S.ClH/c1-13-8-16(9-19(14(13)2)28(22,26)27)21(25)24-12-17-10-23-11-18(17)20(24)15-6-4-3-5-7-15;/h3-9,17-18,20,23H,10-12H2,1-2H3,(H2,22,26,27);1H/t17-,18-,20+;/m0./s1.